The maximum absolute atomic E-state index is 12.8. The van der Waals surface area contributed by atoms with Gasteiger partial charge in [-0.15, -0.1) is 0 Å². The fourth-order valence-corrected chi connectivity index (χ4v) is 3.79. The first-order chi connectivity index (χ1) is 16.0. The Morgan fingerprint density at radius 1 is 1.06 bits per heavy atom. The fourth-order valence-electron chi connectivity index (χ4n) is 3.79. The first-order valence-electron chi connectivity index (χ1n) is 10.3. The number of H-pyrrole nitrogens is 1. The predicted molar refractivity (Wildman–Crippen MR) is 124 cm³/mol. The molecule has 0 aliphatic heterocycles. The molecule has 172 valence electrons. The second kappa shape index (κ2) is 9.11. The maximum atomic E-state index is 12.8. The van der Waals surface area contributed by atoms with E-state index < -0.39 is 0 Å². The van der Waals surface area contributed by atoms with E-state index in [1.165, 1.54) is 21.3 Å². The van der Waals surface area contributed by atoms with Crippen LogP contribution in [0, 0.1) is 0 Å². The number of aryl methyl sites for hydroxylation is 1. The molecule has 0 fully saturated rings. The highest BCUT2D eigenvalue weighted by molar-refractivity contribution is 6.02. The number of para-hydroxylation sites is 2. The van der Waals surface area contributed by atoms with Crippen LogP contribution >= 0.6 is 0 Å². The summed E-state index contributed by atoms with van der Waals surface area (Å²) < 4.78 is 18.1. The number of benzene rings is 2. The predicted octanol–water partition coefficient (Wildman–Crippen LogP) is 2.84. The number of amides is 2. The van der Waals surface area contributed by atoms with E-state index in [1.807, 2.05) is 24.3 Å². The number of imidazole rings is 1. The molecule has 2 aromatic carbocycles. The highest BCUT2D eigenvalue weighted by atomic mass is 16.5. The maximum Gasteiger partial charge on any atom is 0.267 e. The summed E-state index contributed by atoms with van der Waals surface area (Å²) in [4.78, 5) is 32.4. The van der Waals surface area contributed by atoms with E-state index >= 15 is 0 Å². The first-order valence-corrected chi connectivity index (χ1v) is 10.3. The van der Waals surface area contributed by atoms with Crippen LogP contribution < -0.4 is 24.8 Å². The largest absolute Gasteiger partial charge is 0.493 e. The van der Waals surface area contributed by atoms with Crippen molar-refractivity contribution in [2.45, 2.75) is 6.42 Å². The van der Waals surface area contributed by atoms with E-state index in [4.69, 9.17) is 14.2 Å². The van der Waals surface area contributed by atoms with Crippen LogP contribution in [0.3, 0.4) is 0 Å². The van der Waals surface area contributed by atoms with Crippen LogP contribution in [0.2, 0.25) is 0 Å². The monoisotopic (exact) mass is 451 g/mol. The van der Waals surface area contributed by atoms with Crippen LogP contribution in [0.15, 0.2) is 36.4 Å². The van der Waals surface area contributed by atoms with Crippen LogP contribution in [0.25, 0.3) is 21.9 Å². The summed E-state index contributed by atoms with van der Waals surface area (Å²) in [6, 6.07) is 11.0. The summed E-state index contributed by atoms with van der Waals surface area (Å²) in [5.41, 5.74) is 2.71. The van der Waals surface area contributed by atoms with E-state index in [1.54, 1.807) is 23.7 Å². The number of aromatic amines is 1. The van der Waals surface area contributed by atoms with Crippen molar-refractivity contribution in [2.75, 3.05) is 33.2 Å². The van der Waals surface area contributed by atoms with Gasteiger partial charge in [0.25, 0.3) is 5.91 Å². The molecule has 0 aliphatic carbocycles. The standard InChI is InChI=1S/C23H25N5O5/c1-28-16(11-13-12-17(31-2)20(32-3)21(33-4)19(13)28)22(30)24-10-9-18(29)27-23-25-14-7-5-6-8-15(14)26-23/h5-8,11-12H,9-10H2,1-4H3,(H,24,30)(H2,25,26,27,29). The van der Waals surface area contributed by atoms with E-state index in [0.717, 1.165) is 16.4 Å². The van der Waals surface area contributed by atoms with Crippen molar-refractivity contribution in [2.24, 2.45) is 7.05 Å². The lowest BCUT2D eigenvalue weighted by molar-refractivity contribution is -0.116. The van der Waals surface area contributed by atoms with Crippen molar-refractivity contribution in [3.63, 3.8) is 0 Å². The normalized spacial score (nSPS) is 10.9. The van der Waals surface area contributed by atoms with Gasteiger partial charge in [0.15, 0.2) is 11.5 Å². The Labute approximate surface area is 189 Å². The third-order valence-corrected chi connectivity index (χ3v) is 5.34. The molecule has 2 amide bonds. The number of hydrogen-bond acceptors (Lipinski definition) is 6. The van der Waals surface area contributed by atoms with Crippen molar-refractivity contribution < 1.29 is 23.8 Å². The molecule has 4 rings (SSSR count). The van der Waals surface area contributed by atoms with Crippen LogP contribution in [-0.2, 0) is 11.8 Å². The van der Waals surface area contributed by atoms with Gasteiger partial charge in [-0.3, -0.25) is 14.9 Å². The summed E-state index contributed by atoms with van der Waals surface area (Å²) in [7, 11) is 6.36. The van der Waals surface area contributed by atoms with Crippen LogP contribution in [0.5, 0.6) is 17.2 Å². The number of aromatic nitrogens is 3. The number of ether oxygens (including phenoxy) is 3. The third kappa shape index (κ3) is 4.14. The smallest absolute Gasteiger partial charge is 0.267 e. The second-order valence-electron chi connectivity index (χ2n) is 7.33. The molecule has 0 radical (unpaired) electrons. The van der Waals surface area contributed by atoms with Gasteiger partial charge in [0.05, 0.1) is 37.9 Å². The molecule has 0 aliphatic rings. The topological polar surface area (TPSA) is 120 Å². The summed E-state index contributed by atoms with van der Waals surface area (Å²) in [6.07, 6.45) is 0.0949. The lowest BCUT2D eigenvalue weighted by atomic mass is 10.2. The van der Waals surface area contributed by atoms with Crippen molar-refractivity contribution in [3.8, 4) is 17.2 Å². The van der Waals surface area contributed by atoms with Crippen LogP contribution in [-0.4, -0.2) is 54.2 Å². The summed E-state index contributed by atoms with van der Waals surface area (Å²) in [5, 5.41) is 6.26. The van der Waals surface area contributed by atoms with Gasteiger partial charge in [0, 0.05) is 25.4 Å². The number of nitrogens with one attached hydrogen (secondary N) is 3. The lowest BCUT2D eigenvalue weighted by Gasteiger charge is -2.14. The van der Waals surface area contributed by atoms with Gasteiger partial charge in [-0.1, -0.05) is 12.1 Å². The van der Waals surface area contributed by atoms with Crippen molar-refractivity contribution in [1.82, 2.24) is 19.9 Å². The van der Waals surface area contributed by atoms with Gasteiger partial charge in [-0.2, -0.15) is 0 Å². The van der Waals surface area contributed by atoms with Crippen molar-refractivity contribution >= 4 is 39.7 Å². The number of carbonyl (C=O) groups is 2. The first kappa shape index (κ1) is 22.0. The van der Waals surface area contributed by atoms with Gasteiger partial charge in [-0.25, -0.2) is 4.98 Å². The molecule has 0 unspecified atom stereocenters. The summed E-state index contributed by atoms with van der Waals surface area (Å²) in [5.74, 6) is 1.21. The molecule has 33 heavy (non-hydrogen) atoms. The lowest BCUT2D eigenvalue weighted by Crippen LogP contribution is -2.29. The average Bonchev–Trinajstić information content (AvgIpc) is 3.37. The Kier molecular flexibility index (Phi) is 6.07. The van der Waals surface area contributed by atoms with Gasteiger partial charge >= 0.3 is 0 Å². The third-order valence-electron chi connectivity index (χ3n) is 5.34. The van der Waals surface area contributed by atoms with Gasteiger partial charge in [0.1, 0.15) is 5.69 Å². The number of hydrogen-bond donors (Lipinski definition) is 3. The second-order valence-corrected chi connectivity index (χ2v) is 7.33. The Morgan fingerprint density at radius 3 is 2.52 bits per heavy atom. The molecular formula is C23H25N5O5. The minimum absolute atomic E-state index is 0.0949. The number of rotatable bonds is 8. The van der Waals surface area contributed by atoms with Crippen molar-refractivity contribution in [3.05, 3.63) is 42.1 Å². The molecular weight excluding hydrogens is 426 g/mol. The molecule has 2 aromatic heterocycles. The Morgan fingerprint density at radius 2 is 1.82 bits per heavy atom. The van der Waals surface area contributed by atoms with E-state index in [-0.39, 0.29) is 24.8 Å². The number of carbonyl (C=O) groups excluding carboxylic acids is 2. The van der Waals surface area contributed by atoms with E-state index in [2.05, 4.69) is 20.6 Å². The summed E-state index contributed by atoms with van der Waals surface area (Å²) >= 11 is 0. The molecule has 0 saturated heterocycles. The summed E-state index contributed by atoms with van der Waals surface area (Å²) in [6.45, 7) is 0.163. The zero-order valence-electron chi connectivity index (χ0n) is 18.8. The zero-order chi connectivity index (χ0) is 23.5. The van der Waals surface area contributed by atoms with E-state index in [9.17, 15) is 9.59 Å². The molecule has 10 heteroatoms. The number of nitrogens with zero attached hydrogens (tertiary/aromatic N) is 2. The quantitative estimate of drug-likeness (QED) is 0.379. The molecule has 10 nitrogen and oxygen atoms in total. The van der Waals surface area contributed by atoms with Crippen LogP contribution in [0.1, 0.15) is 16.9 Å². The zero-order valence-corrected chi connectivity index (χ0v) is 18.8. The van der Waals surface area contributed by atoms with Crippen molar-refractivity contribution in [1.29, 1.82) is 0 Å². The van der Waals surface area contributed by atoms with Crippen LogP contribution in [0.4, 0.5) is 5.95 Å². The number of methoxy groups -OCH3 is 3. The Hall–Kier alpha value is -4.21. The molecule has 0 atom stereocenters. The Bertz CT molecular complexity index is 1310. The molecule has 4 aromatic rings. The van der Waals surface area contributed by atoms with Gasteiger partial charge in [-0.05, 0) is 24.3 Å². The fraction of sp³-hybridized carbons (Fsp3) is 0.261. The molecule has 0 bridgehead atoms. The number of anilines is 1. The molecule has 0 saturated carbocycles. The molecule has 2 heterocycles. The van der Waals surface area contributed by atoms with Gasteiger partial charge in [0.2, 0.25) is 17.6 Å². The Balaban J connectivity index is 1.44. The average molecular weight is 451 g/mol. The SMILES string of the molecule is COc1cc2cc(C(=O)NCCC(=O)Nc3nc4ccccc4[nH]3)n(C)c2c(OC)c1OC. The van der Waals surface area contributed by atoms with E-state index in [0.29, 0.717) is 34.4 Å². The molecule has 3 N–H and O–H groups in total. The highest BCUT2D eigenvalue weighted by Gasteiger charge is 2.22. The minimum atomic E-state index is -0.315. The molecule has 0 spiro atoms. The van der Waals surface area contributed by atoms with Gasteiger partial charge < -0.3 is 29.1 Å². The number of fused-ring (bicyclic) bond motifs is 2. The minimum Gasteiger partial charge on any atom is -0.493 e. The highest BCUT2D eigenvalue weighted by Crippen LogP contribution is 2.44.